The Morgan fingerprint density at radius 1 is 0.971 bits per heavy atom. The molecule has 1 aliphatic heterocycles. The van der Waals surface area contributed by atoms with E-state index in [2.05, 4.69) is 21.2 Å². The molecule has 0 bridgehead atoms. The zero-order valence-electron chi connectivity index (χ0n) is 18.7. The molecule has 2 aliphatic rings. The Labute approximate surface area is 206 Å². The molecule has 0 fully saturated rings. The van der Waals surface area contributed by atoms with E-state index in [0.717, 1.165) is 26.9 Å². The van der Waals surface area contributed by atoms with Crippen LogP contribution in [0.15, 0.2) is 94.1 Å². The highest BCUT2D eigenvalue weighted by atomic mass is 79.9. The topological polar surface area (TPSA) is 64.6 Å². The van der Waals surface area contributed by atoms with Crippen molar-refractivity contribution in [2.45, 2.75) is 19.4 Å². The Balaban J connectivity index is 1.61. The lowest BCUT2D eigenvalue weighted by atomic mass is 9.79. The summed E-state index contributed by atoms with van der Waals surface area (Å²) in [5, 5.41) is 3.30. The van der Waals surface area contributed by atoms with E-state index in [0.29, 0.717) is 34.8 Å². The molecule has 6 heteroatoms. The van der Waals surface area contributed by atoms with Gasteiger partial charge in [0, 0.05) is 32.4 Å². The standard InChI is InChI=1S/C28H22BrNO4/c1-16-23(28(32)33-2)24(25-26(30-16)19-7-3-4-8-20(19)27(25)31)21-9-5-6-10-22(21)34-15-17-11-13-18(29)14-12-17/h3-14,24,30H,15H2,1-2H3. The van der Waals surface area contributed by atoms with Gasteiger partial charge in [-0.25, -0.2) is 4.79 Å². The number of Topliss-reactive ketones (excluding diaryl/α,β-unsaturated/α-hetero) is 1. The number of para-hydroxylation sites is 1. The van der Waals surface area contributed by atoms with Crippen LogP contribution in [0.5, 0.6) is 5.75 Å². The second kappa shape index (κ2) is 8.95. The molecule has 1 unspecified atom stereocenters. The molecule has 5 rings (SSSR count). The Morgan fingerprint density at radius 3 is 2.38 bits per heavy atom. The maximum atomic E-state index is 13.6. The molecule has 1 atom stereocenters. The van der Waals surface area contributed by atoms with Gasteiger partial charge in [-0.3, -0.25) is 4.79 Å². The van der Waals surface area contributed by atoms with Gasteiger partial charge >= 0.3 is 5.97 Å². The number of hydrogen-bond donors (Lipinski definition) is 1. The first kappa shape index (κ1) is 22.2. The van der Waals surface area contributed by atoms with Gasteiger partial charge in [0.05, 0.1) is 24.3 Å². The third kappa shape index (κ3) is 3.74. The summed E-state index contributed by atoms with van der Waals surface area (Å²) in [4.78, 5) is 26.5. The van der Waals surface area contributed by atoms with Gasteiger partial charge in [-0.05, 0) is 30.7 Å². The average Bonchev–Trinajstić information content (AvgIpc) is 3.14. The summed E-state index contributed by atoms with van der Waals surface area (Å²) in [7, 11) is 1.35. The molecular weight excluding hydrogens is 494 g/mol. The number of allylic oxidation sites excluding steroid dienone is 2. The third-order valence-electron chi connectivity index (χ3n) is 6.19. The van der Waals surface area contributed by atoms with E-state index in [9.17, 15) is 9.59 Å². The summed E-state index contributed by atoms with van der Waals surface area (Å²) < 4.78 is 12.4. The van der Waals surface area contributed by atoms with Crippen LogP contribution in [0.25, 0.3) is 5.70 Å². The average molecular weight is 516 g/mol. The molecule has 3 aromatic carbocycles. The van der Waals surface area contributed by atoms with Crippen LogP contribution in [0.2, 0.25) is 0 Å². The number of benzene rings is 3. The van der Waals surface area contributed by atoms with Crippen LogP contribution in [0.4, 0.5) is 0 Å². The molecule has 0 saturated carbocycles. The molecule has 1 heterocycles. The minimum atomic E-state index is -0.621. The second-order valence-electron chi connectivity index (χ2n) is 8.20. The Morgan fingerprint density at radius 2 is 1.65 bits per heavy atom. The number of hydrogen-bond acceptors (Lipinski definition) is 5. The molecule has 0 saturated heterocycles. The molecule has 0 amide bonds. The van der Waals surface area contributed by atoms with Crippen molar-refractivity contribution in [2.75, 3.05) is 7.11 Å². The van der Waals surface area contributed by atoms with Gasteiger partial charge in [0.15, 0.2) is 5.78 Å². The van der Waals surface area contributed by atoms with Gasteiger partial charge in [0.1, 0.15) is 12.4 Å². The van der Waals surface area contributed by atoms with Crippen molar-refractivity contribution in [2.24, 2.45) is 0 Å². The molecule has 5 nitrogen and oxygen atoms in total. The predicted molar refractivity (Wildman–Crippen MR) is 133 cm³/mol. The number of ether oxygens (including phenoxy) is 2. The zero-order chi connectivity index (χ0) is 23.8. The highest BCUT2D eigenvalue weighted by Gasteiger charge is 2.43. The summed E-state index contributed by atoms with van der Waals surface area (Å²) >= 11 is 3.45. The highest BCUT2D eigenvalue weighted by Crippen LogP contribution is 2.48. The quantitative estimate of drug-likeness (QED) is 0.437. The Hall–Kier alpha value is -3.64. The third-order valence-corrected chi connectivity index (χ3v) is 6.72. The van der Waals surface area contributed by atoms with Crippen molar-refractivity contribution in [3.63, 3.8) is 0 Å². The van der Waals surface area contributed by atoms with Crippen LogP contribution in [0.1, 0.15) is 39.9 Å². The van der Waals surface area contributed by atoms with E-state index in [1.165, 1.54) is 7.11 Å². The van der Waals surface area contributed by atoms with E-state index < -0.39 is 11.9 Å². The number of carbonyl (C=O) groups is 2. The van der Waals surface area contributed by atoms with Crippen molar-refractivity contribution < 1.29 is 19.1 Å². The van der Waals surface area contributed by atoms with Crippen LogP contribution >= 0.6 is 15.9 Å². The largest absolute Gasteiger partial charge is 0.489 e. The fourth-order valence-electron chi connectivity index (χ4n) is 4.61. The van der Waals surface area contributed by atoms with Gasteiger partial charge in [0.2, 0.25) is 0 Å². The van der Waals surface area contributed by atoms with E-state index in [1.54, 1.807) is 0 Å². The smallest absolute Gasteiger partial charge is 0.336 e. The summed E-state index contributed by atoms with van der Waals surface area (Å²) in [5.41, 5.74) is 5.54. The van der Waals surface area contributed by atoms with Crippen LogP contribution in [0, 0.1) is 0 Å². The SMILES string of the molecule is COC(=O)C1=C(C)NC2=C(C(=O)c3ccccc32)C1c1ccccc1OCc1ccc(Br)cc1. The van der Waals surface area contributed by atoms with Gasteiger partial charge in [-0.1, -0.05) is 70.5 Å². The number of methoxy groups -OCH3 is 1. The first-order valence-corrected chi connectivity index (χ1v) is 11.7. The first-order valence-electron chi connectivity index (χ1n) is 10.9. The molecule has 0 spiro atoms. The van der Waals surface area contributed by atoms with Gasteiger partial charge in [-0.2, -0.15) is 0 Å². The van der Waals surface area contributed by atoms with Crippen molar-refractivity contribution in [3.8, 4) is 5.75 Å². The monoisotopic (exact) mass is 515 g/mol. The molecule has 0 radical (unpaired) electrons. The Bertz CT molecular complexity index is 1370. The molecule has 1 N–H and O–H groups in total. The molecule has 1 aliphatic carbocycles. The van der Waals surface area contributed by atoms with E-state index >= 15 is 0 Å². The Kier molecular flexibility index (Phi) is 5.84. The maximum absolute atomic E-state index is 13.6. The molecule has 34 heavy (non-hydrogen) atoms. The fraction of sp³-hybridized carbons (Fsp3) is 0.143. The van der Waals surface area contributed by atoms with Crippen molar-refractivity contribution in [1.29, 1.82) is 0 Å². The summed E-state index contributed by atoms with van der Waals surface area (Å²) in [6.45, 7) is 2.19. The number of rotatable bonds is 5. The van der Waals surface area contributed by atoms with Crippen LogP contribution in [0.3, 0.4) is 0 Å². The second-order valence-corrected chi connectivity index (χ2v) is 9.12. The number of carbonyl (C=O) groups excluding carboxylic acids is 2. The molecule has 0 aromatic heterocycles. The fourth-order valence-corrected chi connectivity index (χ4v) is 4.88. The lowest BCUT2D eigenvalue weighted by Gasteiger charge is -2.30. The van der Waals surface area contributed by atoms with Gasteiger partial charge in [-0.15, -0.1) is 0 Å². The lowest BCUT2D eigenvalue weighted by molar-refractivity contribution is -0.136. The molecule has 3 aromatic rings. The van der Waals surface area contributed by atoms with Gasteiger partial charge in [0.25, 0.3) is 0 Å². The summed E-state index contributed by atoms with van der Waals surface area (Å²) in [6.07, 6.45) is 0. The first-order chi connectivity index (χ1) is 16.5. The minimum absolute atomic E-state index is 0.0975. The number of nitrogens with one attached hydrogen (secondary N) is 1. The van der Waals surface area contributed by atoms with E-state index in [4.69, 9.17) is 9.47 Å². The van der Waals surface area contributed by atoms with Crippen LogP contribution < -0.4 is 10.1 Å². The maximum Gasteiger partial charge on any atom is 0.336 e. The number of halogens is 1. The highest BCUT2D eigenvalue weighted by molar-refractivity contribution is 9.10. The van der Waals surface area contributed by atoms with Crippen molar-refractivity contribution in [3.05, 3.63) is 116 Å². The summed E-state index contributed by atoms with van der Waals surface area (Å²) in [6, 6.07) is 22.9. The number of esters is 1. The normalized spacial score (nSPS) is 16.7. The lowest BCUT2D eigenvalue weighted by Crippen LogP contribution is -2.29. The zero-order valence-corrected chi connectivity index (χ0v) is 20.3. The predicted octanol–water partition coefficient (Wildman–Crippen LogP) is 5.77. The van der Waals surface area contributed by atoms with Gasteiger partial charge < -0.3 is 14.8 Å². The number of ketones is 1. The number of fused-ring (bicyclic) bond motifs is 2. The van der Waals surface area contributed by atoms with Crippen molar-refractivity contribution >= 4 is 33.4 Å². The molecular formula is C28H22BrNO4. The van der Waals surface area contributed by atoms with Crippen LogP contribution in [-0.2, 0) is 16.1 Å². The molecule has 170 valence electrons. The van der Waals surface area contributed by atoms with Crippen LogP contribution in [-0.4, -0.2) is 18.9 Å². The van der Waals surface area contributed by atoms with E-state index in [1.807, 2.05) is 79.7 Å². The number of dihydropyridines is 1. The van der Waals surface area contributed by atoms with E-state index in [-0.39, 0.29) is 5.78 Å². The van der Waals surface area contributed by atoms with Crippen molar-refractivity contribution in [1.82, 2.24) is 5.32 Å². The summed E-state index contributed by atoms with van der Waals surface area (Å²) in [5.74, 6) is -0.584. The minimum Gasteiger partial charge on any atom is -0.489 e.